The molecule has 0 saturated carbocycles. The van der Waals surface area contributed by atoms with Crippen molar-refractivity contribution in [2.45, 2.75) is 47.1 Å². The lowest BCUT2D eigenvalue weighted by molar-refractivity contribution is -0.121. The highest BCUT2D eigenvalue weighted by molar-refractivity contribution is 7.18. The van der Waals surface area contributed by atoms with Crippen LogP contribution in [0.4, 0.5) is 5.82 Å². The first kappa shape index (κ1) is 21.0. The third-order valence-corrected chi connectivity index (χ3v) is 6.16. The highest BCUT2D eigenvalue weighted by Gasteiger charge is 2.12. The molecule has 29 heavy (non-hydrogen) atoms. The zero-order chi connectivity index (χ0) is 21.0. The van der Waals surface area contributed by atoms with Gasteiger partial charge in [-0.15, -0.1) is 11.3 Å². The Labute approximate surface area is 174 Å². The number of carbonyl (C=O) groups is 1. The molecular formula is C21H27N5O2S. The molecule has 0 atom stereocenters. The van der Waals surface area contributed by atoms with Crippen LogP contribution in [0.1, 0.15) is 42.1 Å². The van der Waals surface area contributed by atoms with Crippen molar-refractivity contribution < 1.29 is 4.79 Å². The Morgan fingerprint density at radius 3 is 2.66 bits per heavy atom. The van der Waals surface area contributed by atoms with Gasteiger partial charge in [-0.25, -0.2) is 9.97 Å². The van der Waals surface area contributed by atoms with Crippen molar-refractivity contribution in [3.63, 3.8) is 0 Å². The van der Waals surface area contributed by atoms with Gasteiger partial charge in [-0.2, -0.15) is 0 Å². The summed E-state index contributed by atoms with van der Waals surface area (Å²) < 4.78 is 0. The van der Waals surface area contributed by atoms with Gasteiger partial charge in [0.05, 0.1) is 5.39 Å². The number of thiophene rings is 1. The van der Waals surface area contributed by atoms with E-state index < -0.39 is 0 Å². The quantitative estimate of drug-likeness (QED) is 0.592. The zero-order valence-corrected chi connectivity index (χ0v) is 18.2. The number of rotatable bonds is 8. The number of amides is 1. The maximum absolute atomic E-state index is 12.3. The van der Waals surface area contributed by atoms with Crippen LogP contribution in [0.3, 0.4) is 0 Å². The average molecular weight is 414 g/mol. The minimum Gasteiger partial charge on any atom is -0.357 e. The minimum atomic E-state index is -0.133. The van der Waals surface area contributed by atoms with Gasteiger partial charge in [0.25, 0.3) is 5.56 Å². The average Bonchev–Trinajstić information content (AvgIpc) is 3.00. The maximum atomic E-state index is 12.3. The number of pyridine rings is 1. The predicted molar refractivity (Wildman–Crippen MR) is 118 cm³/mol. The monoisotopic (exact) mass is 413 g/mol. The fraction of sp³-hybridized carbons (Fsp3) is 0.429. The van der Waals surface area contributed by atoms with Crippen LogP contribution in [0.15, 0.2) is 23.1 Å². The van der Waals surface area contributed by atoms with Gasteiger partial charge in [-0.1, -0.05) is 6.07 Å². The van der Waals surface area contributed by atoms with E-state index in [-0.39, 0.29) is 17.9 Å². The fourth-order valence-electron chi connectivity index (χ4n) is 3.19. The van der Waals surface area contributed by atoms with E-state index in [1.54, 1.807) is 6.20 Å². The van der Waals surface area contributed by atoms with Crippen molar-refractivity contribution in [2.75, 3.05) is 18.0 Å². The molecule has 0 unspecified atom stereocenters. The first-order valence-electron chi connectivity index (χ1n) is 9.88. The third-order valence-electron chi connectivity index (χ3n) is 5.06. The first-order chi connectivity index (χ1) is 13.9. The zero-order valence-electron chi connectivity index (χ0n) is 17.3. The number of anilines is 1. The lowest BCUT2D eigenvalue weighted by Gasteiger charge is -2.19. The summed E-state index contributed by atoms with van der Waals surface area (Å²) in [5, 5.41) is 3.56. The number of hydrogen-bond acceptors (Lipinski definition) is 6. The predicted octanol–water partition coefficient (Wildman–Crippen LogP) is 3.09. The molecule has 3 rings (SSSR count). The molecule has 3 heterocycles. The van der Waals surface area contributed by atoms with Crippen LogP contribution in [0, 0.1) is 13.8 Å². The van der Waals surface area contributed by atoms with Gasteiger partial charge >= 0.3 is 0 Å². The lowest BCUT2D eigenvalue weighted by atomic mass is 10.2. The van der Waals surface area contributed by atoms with Crippen LogP contribution in [0.5, 0.6) is 0 Å². The molecule has 0 aliphatic heterocycles. The van der Waals surface area contributed by atoms with E-state index in [4.69, 9.17) is 0 Å². The molecule has 0 saturated heterocycles. The number of H-pyrrole nitrogens is 1. The van der Waals surface area contributed by atoms with Gasteiger partial charge in [0.15, 0.2) is 0 Å². The molecular weight excluding hydrogens is 386 g/mol. The normalized spacial score (nSPS) is 11.0. The van der Waals surface area contributed by atoms with Crippen LogP contribution in [-0.4, -0.2) is 33.9 Å². The Morgan fingerprint density at radius 1 is 1.24 bits per heavy atom. The Hall–Kier alpha value is -2.74. The van der Waals surface area contributed by atoms with Gasteiger partial charge in [-0.05, 0) is 44.9 Å². The Kier molecular flexibility index (Phi) is 6.64. The summed E-state index contributed by atoms with van der Waals surface area (Å²) in [6, 6.07) is 3.96. The molecule has 2 N–H and O–H groups in total. The van der Waals surface area contributed by atoms with Gasteiger partial charge in [0.2, 0.25) is 5.91 Å². The molecule has 0 aliphatic carbocycles. The van der Waals surface area contributed by atoms with E-state index in [9.17, 15) is 9.59 Å². The van der Waals surface area contributed by atoms with Crippen molar-refractivity contribution in [1.29, 1.82) is 0 Å². The Balaban J connectivity index is 1.55. The molecule has 154 valence electrons. The van der Waals surface area contributed by atoms with Gasteiger partial charge in [-0.3, -0.25) is 9.59 Å². The molecule has 7 nitrogen and oxygen atoms in total. The van der Waals surface area contributed by atoms with E-state index in [0.717, 1.165) is 39.7 Å². The molecule has 3 aromatic heterocycles. The van der Waals surface area contributed by atoms with E-state index in [1.165, 1.54) is 11.3 Å². The summed E-state index contributed by atoms with van der Waals surface area (Å²) >= 11 is 1.51. The molecule has 1 amide bonds. The first-order valence-corrected chi connectivity index (χ1v) is 10.7. The summed E-state index contributed by atoms with van der Waals surface area (Å²) in [5.41, 5.74) is 1.79. The molecule has 0 radical (unpaired) electrons. The second-order valence-electron chi connectivity index (χ2n) is 6.95. The summed E-state index contributed by atoms with van der Waals surface area (Å²) in [6.07, 6.45) is 2.46. The molecule has 8 heteroatoms. The van der Waals surface area contributed by atoms with Crippen molar-refractivity contribution in [3.05, 3.63) is 50.5 Å². The topological polar surface area (TPSA) is 91.0 Å². The number of nitrogens with one attached hydrogen (secondary N) is 2. The van der Waals surface area contributed by atoms with Gasteiger partial charge in [0, 0.05) is 43.5 Å². The molecule has 0 fully saturated rings. The maximum Gasteiger partial charge on any atom is 0.259 e. The number of fused-ring (bicyclic) bond motifs is 1. The largest absolute Gasteiger partial charge is 0.357 e. The smallest absolute Gasteiger partial charge is 0.259 e. The van der Waals surface area contributed by atoms with Crippen molar-refractivity contribution in [3.8, 4) is 0 Å². The van der Waals surface area contributed by atoms with Gasteiger partial charge < -0.3 is 15.2 Å². The highest BCUT2D eigenvalue weighted by atomic mass is 32.1. The number of hydrogen-bond donors (Lipinski definition) is 2. The van der Waals surface area contributed by atoms with Crippen molar-refractivity contribution in [1.82, 2.24) is 20.3 Å². The second-order valence-corrected chi connectivity index (χ2v) is 8.15. The number of aryl methyl sites for hydroxylation is 3. The standard InChI is InChI=1S/C21H27N5O2S/c1-5-26(6-2)17-9-7-15(11-22-17)12-23-18(27)10-8-16-24-20(28)19-13(3)14(4)29-21(19)25-16/h7,9,11H,5-6,8,10,12H2,1-4H3,(H,23,27)(H,24,25,28). The number of aromatic amines is 1. The Morgan fingerprint density at radius 2 is 2.00 bits per heavy atom. The van der Waals surface area contributed by atoms with Crippen LogP contribution in [0.25, 0.3) is 10.2 Å². The van der Waals surface area contributed by atoms with E-state index >= 15 is 0 Å². The summed E-state index contributed by atoms with van der Waals surface area (Å²) in [4.78, 5) is 40.3. The van der Waals surface area contributed by atoms with Crippen LogP contribution >= 0.6 is 11.3 Å². The molecule has 0 aliphatic rings. The molecule has 0 aromatic carbocycles. The summed E-state index contributed by atoms with van der Waals surface area (Å²) in [7, 11) is 0. The summed E-state index contributed by atoms with van der Waals surface area (Å²) in [5.74, 6) is 1.40. The fourth-order valence-corrected chi connectivity index (χ4v) is 4.24. The van der Waals surface area contributed by atoms with Crippen molar-refractivity contribution >= 4 is 33.3 Å². The Bertz CT molecular complexity index is 1050. The van der Waals surface area contributed by atoms with E-state index in [2.05, 4.69) is 39.0 Å². The SMILES string of the molecule is CCN(CC)c1ccc(CNC(=O)CCc2nc3sc(C)c(C)c3c(=O)[nH]2)cn1. The number of aromatic nitrogens is 3. The van der Waals surface area contributed by atoms with Crippen LogP contribution in [0.2, 0.25) is 0 Å². The van der Waals surface area contributed by atoms with Crippen LogP contribution < -0.4 is 15.8 Å². The second kappa shape index (κ2) is 9.17. The summed E-state index contributed by atoms with van der Waals surface area (Å²) in [6.45, 7) is 10.4. The van der Waals surface area contributed by atoms with Crippen LogP contribution in [-0.2, 0) is 17.8 Å². The number of carbonyl (C=O) groups excluding carboxylic acids is 1. The van der Waals surface area contributed by atoms with Crippen molar-refractivity contribution in [2.24, 2.45) is 0 Å². The third kappa shape index (κ3) is 4.82. The lowest BCUT2D eigenvalue weighted by Crippen LogP contribution is -2.25. The molecule has 3 aromatic rings. The van der Waals surface area contributed by atoms with E-state index in [0.29, 0.717) is 24.2 Å². The highest BCUT2D eigenvalue weighted by Crippen LogP contribution is 2.25. The minimum absolute atomic E-state index is 0.0842. The van der Waals surface area contributed by atoms with Gasteiger partial charge in [0.1, 0.15) is 16.5 Å². The number of nitrogens with zero attached hydrogens (tertiary/aromatic N) is 3. The molecule has 0 bridgehead atoms. The van der Waals surface area contributed by atoms with E-state index in [1.807, 2.05) is 26.0 Å². The molecule has 0 spiro atoms.